The summed E-state index contributed by atoms with van der Waals surface area (Å²) >= 11 is 6.56. The number of anilines is 2. The summed E-state index contributed by atoms with van der Waals surface area (Å²) in [5, 5.41) is 9.27. The maximum absolute atomic E-state index is 15.6. The number of piperidine rings is 1. The number of halogens is 2. The van der Waals surface area contributed by atoms with Crippen molar-refractivity contribution in [1.29, 1.82) is 5.26 Å². The van der Waals surface area contributed by atoms with Gasteiger partial charge in [-0.3, -0.25) is 9.80 Å². The van der Waals surface area contributed by atoms with Crippen LogP contribution >= 0.6 is 11.6 Å². The van der Waals surface area contributed by atoms with Crippen LogP contribution in [0.1, 0.15) is 50.7 Å². The summed E-state index contributed by atoms with van der Waals surface area (Å²) in [5.41, 5.74) is 2.04. The van der Waals surface area contributed by atoms with Crippen molar-refractivity contribution in [3.63, 3.8) is 0 Å². The molecular formula is C35H40ClFN6O3. The lowest BCUT2D eigenvalue weighted by molar-refractivity contribution is -0.119. The summed E-state index contributed by atoms with van der Waals surface area (Å²) < 4.78 is 21.3. The van der Waals surface area contributed by atoms with Crippen LogP contribution in [0.2, 0.25) is 5.15 Å². The molecule has 0 bridgehead atoms. The Bertz CT molecular complexity index is 1600. The van der Waals surface area contributed by atoms with E-state index in [2.05, 4.69) is 39.0 Å². The number of carbonyl (C=O) groups excluding carboxylic acids is 2. The molecule has 2 saturated heterocycles. The van der Waals surface area contributed by atoms with Gasteiger partial charge in [0, 0.05) is 63.6 Å². The topological polar surface area (TPSA) is 93.0 Å². The van der Waals surface area contributed by atoms with Gasteiger partial charge in [-0.25, -0.2) is 14.2 Å². The van der Waals surface area contributed by atoms with Crippen LogP contribution in [0.15, 0.2) is 48.5 Å². The van der Waals surface area contributed by atoms with Crippen LogP contribution in [0.5, 0.6) is 5.75 Å². The van der Waals surface area contributed by atoms with Crippen molar-refractivity contribution in [3.05, 3.63) is 70.6 Å². The SMILES string of the molecule is CCOc1ccc(C#N)cc1-c1nc(Cl)c(N(C)C(=O)N(CC)C2(C=O)CCN(Cc3ccc(N4CCCC4)cc3)CC2)cc1F. The number of ether oxygens (including phenoxy) is 1. The number of benzene rings is 2. The molecule has 5 rings (SSSR count). The molecule has 9 nitrogen and oxygen atoms in total. The Morgan fingerprint density at radius 1 is 1.11 bits per heavy atom. The summed E-state index contributed by atoms with van der Waals surface area (Å²) in [6, 6.07) is 16.1. The van der Waals surface area contributed by atoms with E-state index in [9.17, 15) is 14.9 Å². The maximum Gasteiger partial charge on any atom is 0.325 e. The van der Waals surface area contributed by atoms with Gasteiger partial charge in [-0.15, -0.1) is 0 Å². The Labute approximate surface area is 275 Å². The van der Waals surface area contributed by atoms with Crippen LogP contribution in [0, 0.1) is 17.1 Å². The fourth-order valence-corrected chi connectivity index (χ4v) is 6.73. The fraction of sp³-hybridized carbons (Fsp3) is 0.429. The molecule has 242 valence electrons. The molecule has 2 aromatic carbocycles. The lowest BCUT2D eigenvalue weighted by Crippen LogP contribution is -2.60. The molecule has 0 N–H and O–H groups in total. The number of urea groups is 1. The second-order valence-electron chi connectivity index (χ2n) is 11.8. The highest BCUT2D eigenvalue weighted by Crippen LogP contribution is 2.37. The Morgan fingerprint density at radius 3 is 2.41 bits per heavy atom. The number of aromatic nitrogens is 1. The fourth-order valence-electron chi connectivity index (χ4n) is 6.47. The summed E-state index contributed by atoms with van der Waals surface area (Å²) in [7, 11) is 1.49. The van der Waals surface area contributed by atoms with Crippen molar-refractivity contribution in [3.8, 4) is 23.1 Å². The van der Waals surface area contributed by atoms with E-state index in [0.29, 0.717) is 43.9 Å². The zero-order valence-electron chi connectivity index (χ0n) is 26.6. The van der Waals surface area contributed by atoms with Gasteiger partial charge in [-0.1, -0.05) is 23.7 Å². The smallest absolute Gasteiger partial charge is 0.325 e. The van der Waals surface area contributed by atoms with Gasteiger partial charge < -0.3 is 19.3 Å². The average Bonchev–Trinajstić information content (AvgIpc) is 3.62. The Kier molecular flexibility index (Phi) is 10.4. The van der Waals surface area contributed by atoms with Crippen molar-refractivity contribution in [1.82, 2.24) is 14.8 Å². The number of aldehydes is 1. The zero-order valence-corrected chi connectivity index (χ0v) is 27.4. The lowest BCUT2D eigenvalue weighted by atomic mass is 9.87. The first-order valence-electron chi connectivity index (χ1n) is 15.8. The summed E-state index contributed by atoms with van der Waals surface area (Å²) in [4.78, 5) is 38.4. The summed E-state index contributed by atoms with van der Waals surface area (Å²) in [6.45, 7) is 8.52. The number of rotatable bonds is 10. The van der Waals surface area contributed by atoms with Crippen LogP contribution in [-0.2, 0) is 11.3 Å². The van der Waals surface area contributed by atoms with Gasteiger partial charge in [0.25, 0.3) is 0 Å². The minimum Gasteiger partial charge on any atom is -0.493 e. The summed E-state index contributed by atoms with van der Waals surface area (Å²) in [5.74, 6) is -0.373. The third-order valence-electron chi connectivity index (χ3n) is 9.06. The van der Waals surface area contributed by atoms with Gasteiger partial charge in [0.1, 0.15) is 23.3 Å². The van der Waals surface area contributed by atoms with E-state index in [0.717, 1.165) is 32.0 Å². The molecule has 1 aromatic heterocycles. The monoisotopic (exact) mass is 646 g/mol. The molecule has 2 aliphatic heterocycles. The van der Waals surface area contributed by atoms with Crippen LogP contribution in [0.3, 0.4) is 0 Å². The van der Waals surface area contributed by atoms with E-state index >= 15 is 4.39 Å². The second-order valence-corrected chi connectivity index (χ2v) is 12.2. The van der Waals surface area contributed by atoms with Gasteiger partial charge in [0.15, 0.2) is 11.0 Å². The summed E-state index contributed by atoms with van der Waals surface area (Å²) in [6.07, 6.45) is 4.31. The van der Waals surface area contributed by atoms with Gasteiger partial charge in [0.05, 0.1) is 23.9 Å². The number of carbonyl (C=O) groups is 2. The standard InChI is InChI=1S/C35H40ClFN6O3/c1-4-43(35(24-44)14-18-41(19-15-35)23-25-8-11-27(12-9-25)42-16-6-7-17-42)34(45)40(3)30-21-29(37)32(39-33(30)36)28-20-26(22-38)10-13-31(28)46-5-2/h8-13,20-21,24H,4-7,14-19,23H2,1-3H3. The molecule has 0 unspecified atom stereocenters. The zero-order chi connectivity index (χ0) is 32.8. The number of amides is 2. The van der Waals surface area contributed by atoms with Crippen molar-refractivity contribution >= 4 is 35.3 Å². The Hall–Kier alpha value is -4.20. The molecule has 2 amide bonds. The molecule has 0 atom stereocenters. The number of nitriles is 1. The minimum absolute atomic E-state index is 0.0663. The molecule has 2 aliphatic rings. The van der Waals surface area contributed by atoms with Crippen molar-refractivity contribution in [2.24, 2.45) is 0 Å². The molecule has 2 fully saturated rings. The number of nitrogens with zero attached hydrogens (tertiary/aromatic N) is 6. The quantitative estimate of drug-likeness (QED) is 0.183. The third kappa shape index (κ3) is 6.81. The molecule has 3 aromatic rings. The molecule has 0 radical (unpaired) electrons. The maximum atomic E-state index is 15.6. The molecule has 11 heteroatoms. The number of pyridine rings is 1. The predicted molar refractivity (Wildman–Crippen MR) is 178 cm³/mol. The Balaban J connectivity index is 1.30. The largest absolute Gasteiger partial charge is 0.493 e. The highest BCUT2D eigenvalue weighted by molar-refractivity contribution is 6.32. The number of likely N-dealkylation sites (tertiary alicyclic amines) is 1. The van der Waals surface area contributed by atoms with E-state index in [1.54, 1.807) is 24.0 Å². The van der Waals surface area contributed by atoms with Crippen molar-refractivity contribution in [2.75, 3.05) is 56.2 Å². The van der Waals surface area contributed by atoms with E-state index in [1.165, 1.54) is 42.1 Å². The van der Waals surface area contributed by atoms with E-state index in [1.807, 2.05) is 13.0 Å². The van der Waals surface area contributed by atoms with Gasteiger partial charge in [0.2, 0.25) is 0 Å². The van der Waals surface area contributed by atoms with Gasteiger partial charge in [-0.05, 0) is 75.4 Å². The first kappa shape index (κ1) is 33.2. The van der Waals surface area contributed by atoms with Gasteiger partial charge >= 0.3 is 6.03 Å². The predicted octanol–water partition coefficient (Wildman–Crippen LogP) is 6.52. The Morgan fingerprint density at radius 2 is 1.80 bits per heavy atom. The van der Waals surface area contributed by atoms with Gasteiger partial charge in [-0.2, -0.15) is 5.26 Å². The molecule has 0 saturated carbocycles. The van der Waals surface area contributed by atoms with E-state index in [-0.39, 0.29) is 28.6 Å². The molecule has 46 heavy (non-hydrogen) atoms. The molecule has 0 spiro atoms. The average molecular weight is 647 g/mol. The van der Waals surface area contributed by atoms with E-state index in [4.69, 9.17) is 16.3 Å². The van der Waals surface area contributed by atoms with Crippen LogP contribution in [0.25, 0.3) is 11.3 Å². The van der Waals surface area contributed by atoms with Crippen molar-refractivity contribution in [2.45, 2.75) is 51.6 Å². The molecule has 0 aliphatic carbocycles. The first-order valence-corrected chi connectivity index (χ1v) is 16.2. The lowest BCUT2D eigenvalue weighted by Gasteiger charge is -2.46. The van der Waals surface area contributed by atoms with E-state index < -0.39 is 17.4 Å². The minimum atomic E-state index is -1.00. The van der Waals surface area contributed by atoms with Crippen LogP contribution < -0.4 is 14.5 Å². The highest BCUT2D eigenvalue weighted by atomic mass is 35.5. The van der Waals surface area contributed by atoms with Crippen molar-refractivity contribution < 1.29 is 18.7 Å². The molecular weight excluding hydrogens is 607 g/mol. The second kappa shape index (κ2) is 14.5. The molecule has 3 heterocycles. The van der Waals surface area contributed by atoms with Crippen LogP contribution in [0.4, 0.5) is 20.6 Å². The highest BCUT2D eigenvalue weighted by Gasteiger charge is 2.43. The first-order chi connectivity index (χ1) is 22.2. The number of hydrogen-bond donors (Lipinski definition) is 0. The number of likely N-dealkylation sites (N-methyl/N-ethyl adjacent to an activating group) is 1. The number of hydrogen-bond acceptors (Lipinski definition) is 7. The normalized spacial score (nSPS) is 16.1. The third-order valence-corrected chi connectivity index (χ3v) is 9.34. The van der Waals surface area contributed by atoms with Crippen LogP contribution in [-0.4, -0.2) is 79.0 Å².